The predicted octanol–water partition coefficient (Wildman–Crippen LogP) is 4.50. The molecule has 0 spiro atoms. The van der Waals surface area contributed by atoms with E-state index in [0.717, 1.165) is 17.1 Å². The van der Waals surface area contributed by atoms with Crippen LogP contribution in [-0.2, 0) is 6.42 Å². The molecular formula is C15H20N2S. The number of thiazole rings is 1. The highest BCUT2D eigenvalue weighted by molar-refractivity contribution is 7.11. The standard InChI is InChI=1S/C15H20N2S/c1-5-13-7-6-8-14(9-13)17-11(3)15-10(2)16-12(4)18-15/h6-9,11,17H,5H2,1-4H3. The Morgan fingerprint density at radius 1 is 1.33 bits per heavy atom. The van der Waals surface area contributed by atoms with Gasteiger partial charge in [-0.2, -0.15) is 0 Å². The molecular weight excluding hydrogens is 240 g/mol. The van der Waals surface area contributed by atoms with Gasteiger partial charge in [0, 0.05) is 10.6 Å². The third-order valence-corrected chi connectivity index (χ3v) is 4.31. The summed E-state index contributed by atoms with van der Waals surface area (Å²) in [4.78, 5) is 5.81. The monoisotopic (exact) mass is 260 g/mol. The summed E-state index contributed by atoms with van der Waals surface area (Å²) in [6, 6.07) is 8.93. The van der Waals surface area contributed by atoms with Crippen LogP contribution in [0.2, 0.25) is 0 Å². The van der Waals surface area contributed by atoms with Crippen molar-refractivity contribution in [2.45, 2.75) is 40.2 Å². The molecule has 96 valence electrons. The lowest BCUT2D eigenvalue weighted by Crippen LogP contribution is -2.06. The Bertz CT molecular complexity index is 531. The van der Waals surface area contributed by atoms with Gasteiger partial charge in [0.15, 0.2) is 0 Å². The zero-order valence-corrected chi connectivity index (χ0v) is 12.3. The first-order chi connectivity index (χ1) is 8.60. The summed E-state index contributed by atoms with van der Waals surface area (Å²) in [6.45, 7) is 8.52. The number of anilines is 1. The number of rotatable bonds is 4. The van der Waals surface area contributed by atoms with Gasteiger partial charge < -0.3 is 5.32 Å². The van der Waals surface area contributed by atoms with E-state index in [2.05, 4.69) is 62.3 Å². The number of hydrogen-bond acceptors (Lipinski definition) is 3. The van der Waals surface area contributed by atoms with Gasteiger partial charge in [0.1, 0.15) is 0 Å². The highest BCUT2D eigenvalue weighted by Crippen LogP contribution is 2.27. The molecule has 1 heterocycles. The summed E-state index contributed by atoms with van der Waals surface area (Å²) in [6.07, 6.45) is 1.07. The van der Waals surface area contributed by atoms with Gasteiger partial charge in [-0.05, 0) is 44.9 Å². The number of benzene rings is 1. The van der Waals surface area contributed by atoms with E-state index in [0.29, 0.717) is 6.04 Å². The molecule has 1 atom stereocenters. The van der Waals surface area contributed by atoms with Crippen molar-refractivity contribution in [3.63, 3.8) is 0 Å². The molecule has 3 heteroatoms. The maximum Gasteiger partial charge on any atom is 0.0900 e. The second-order valence-corrected chi connectivity index (χ2v) is 5.84. The van der Waals surface area contributed by atoms with Crippen LogP contribution in [0.4, 0.5) is 5.69 Å². The number of nitrogens with zero attached hydrogens (tertiary/aromatic N) is 1. The Labute approximate surface area is 113 Å². The number of aryl methyl sites for hydroxylation is 3. The van der Waals surface area contributed by atoms with Gasteiger partial charge in [0.25, 0.3) is 0 Å². The third-order valence-electron chi connectivity index (χ3n) is 3.05. The van der Waals surface area contributed by atoms with Gasteiger partial charge in [0.2, 0.25) is 0 Å². The maximum atomic E-state index is 4.49. The smallest absolute Gasteiger partial charge is 0.0900 e. The minimum atomic E-state index is 0.309. The van der Waals surface area contributed by atoms with E-state index in [1.807, 2.05) is 0 Å². The molecule has 0 fully saturated rings. The first-order valence-corrected chi connectivity index (χ1v) is 7.21. The summed E-state index contributed by atoms with van der Waals surface area (Å²) < 4.78 is 0. The largest absolute Gasteiger partial charge is 0.378 e. The van der Waals surface area contributed by atoms with Crippen LogP contribution in [0, 0.1) is 13.8 Å². The van der Waals surface area contributed by atoms with Gasteiger partial charge in [-0.25, -0.2) is 4.98 Å². The zero-order chi connectivity index (χ0) is 13.1. The fraction of sp³-hybridized carbons (Fsp3) is 0.400. The summed E-state index contributed by atoms with van der Waals surface area (Å²) in [7, 11) is 0. The Morgan fingerprint density at radius 3 is 2.72 bits per heavy atom. The maximum absolute atomic E-state index is 4.49. The van der Waals surface area contributed by atoms with Gasteiger partial charge in [-0.3, -0.25) is 0 Å². The average Bonchev–Trinajstić information content (AvgIpc) is 2.69. The molecule has 1 aromatic heterocycles. The van der Waals surface area contributed by atoms with E-state index in [4.69, 9.17) is 0 Å². The minimum Gasteiger partial charge on any atom is -0.378 e. The molecule has 1 N–H and O–H groups in total. The molecule has 1 aromatic carbocycles. The molecule has 0 aliphatic carbocycles. The molecule has 0 aliphatic heterocycles. The minimum absolute atomic E-state index is 0.309. The lowest BCUT2D eigenvalue weighted by molar-refractivity contribution is 0.889. The predicted molar refractivity (Wildman–Crippen MR) is 79.4 cm³/mol. The molecule has 1 unspecified atom stereocenters. The Hall–Kier alpha value is -1.35. The Balaban J connectivity index is 2.15. The second kappa shape index (κ2) is 5.53. The first kappa shape index (κ1) is 13.1. The van der Waals surface area contributed by atoms with Crippen molar-refractivity contribution in [2.75, 3.05) is 5.32 Å². The first-order valence-electron chi connectivity index (χ1n) is 6.39. The molecule has 0 radical (unpaired) electrons. The Morgan fingerprint density at radius 2 is 2.11 bits per heavy atom. The van der Waals surface area contributed by atoms with E-state index in [9.17, 15) is 0 Å². The van der Waals surface area contributed by atoms with Gasteiger partial charge in [-0.15, -0.1) is 11.3 Å². The van der Waals surface area contributed by atoms with Crippen molar-refractivity contribution in [1.29, 1.82) is 0 Å². The summed E-state index contributed by atoms with van der Waals surface area (Å²) in [5, 5.41) is 4.69. The van der Waals surface area contributed by atoms with Gasteiger partial charge in [-0.1, -0.05) is 19.1 Å². The van der Waals surface area contributed by atoms with E-state index < -0.39 is 0 Å². The average molecular weight is 260 g/mol. The lowest BCUT2D eigenvalue weighted by Gasteiger charge is -2.15. The fourth-order valence-corrected chi connectivity index (χ4v) is 3.08. The van der Waals surface area contributed by atoms with E-state index >= 15 is 0 Å². The molecule has 0 aliphatic rings. The van der Waals surface area contributed by atoms with E-state index in [1.54, 1.807) is 11.3 Å². The van der Waals surface area contributed by atoms with Crippen molar-refractivity contribution in [1.82, 2.24) is 4.98 Å². The normalized spacial score (nSPS) is 12.4. The molecule has 2 rings (SSSR count). The number of hydrogen-bond donors (Lipinski definition) is 1. The summed E-state index contributed by atoms with van der Waals surface area (Å²) in [5.41, 5.74) is 3.70. The van der Waals surface area contributed by atoms with Crippen molar-refractivity contribution in [3.05, 3.63) is 45.4 Å². The number of nitrogens with one attached hydrogen (secondary N) is 1. The molecule has 0 amide bonds. The third kappa shape index (κ3) is 2.91. The SMILES string of the molecule is CCc1cccc(NC(C)c2sc(C)nc2C)c1. The molecule has 2 nitrogen and oxygen atoms in total. The van der Waals surface area contributed by atoms with Crippen LogP contribution >= 0.6 is 11.3 Å². The van der Waals surface area contributed by atoms with E-state index in [1.165, 1.54) is 16.1 Å². The van der Waals surface area contributed by atoms with Crippen LogP contribution in [0.1, 0.15) is 41.0 Å². The van der Waals surface area contributed by atoms with Crippen LogP contribution in [-0.4, -0.2) is 4.98 Å². The summed E-state index contributed by atoms with van der Waals surface area (Å²) in [5.74, 6) is 0. The topological polar surface area (TPSA) is 24.9 Å². The molecule has 18 heavy (non-hydrogen) atoms. The van der Waals surface area contributed by atoms with Crippen molar-refractivity contribution in [2.24, 2.45) is 0 Å². The number of aromatic nitrogens is 1. The quantitative estimate of drug-likeness (QED) is 0.875. The van der Waals surface area contributed by atoms with Crippen molar-refractivity contribution >= 4 is 17.0 Å². The highest BCUT2D eigenvalue weighted by Gasteiger charge is 2.12. The van der Waals surface area contributed by atoms with Crippen LogP contribution < -0.4 is 5.32 Å². The molecule has 0 saturated heterocycles. The van der Waals surface area contributed by atoms with Crippen LogP contribution in [0.25, 0.3) is 0 Å². The molecule has 0 saturated carbocycles. The van der Waals surface area contributed by atoms with Crippen LogP contribution in [0.3, 0.4) is 0 Å². The fourth-order valence-electron chi connectivity index (χ4n) is 2.15. The second-order valence-electron chi connectivity index (χ2n) is 4.60. The lowest BCUT2D eigenvalue weighted by atomic mass is 10.1. The Kier molecular flexibility index (Phi) is 4.02. The highest BCUT2D eigenvalue weighted by atomic mass is 32.1. The zero-order valence-electron chi connectivity index (χ0n) is 11.4. The van der Waals surface area contributed by atoms with Gasteiger partial charge >= 0.3 is 0 Å². The molecule has 2 aromatic rings. The summed E-state index contributed by atoms with van der Waals surface area (Å²) >= 11 is 1.78. The van der Waals surface area contributed by atoms with Crippen molar-refractivity contribution < 1.29 is 0 Å². The van der Waals surface area contributed by atoms with E-state index in [-0.39, 0.29) is 0 Å². The van der Waals surface area contributed by atoms with Crippen molar-refractivity contribution in [3.8, 4) is 0 Å². The van der Waals surface area contributed by atoms with Gasteiger partial charge in [0.05, 0.1) is 16.7 Å². The van der Waals surface area contributed by atoms with Crippen LogP contribution in [0.15, 0.2) is 24.3 Å². The van der Waals surface area contributed by atoms with Crippen LogP contribution in [0.5, 0.6) is 0 Å². The molecule has 0 bridgehead atoms.